The molecule has 0 atom stereocenters. The highest BCUT2D eigenvalue weighted by Gasteiger charge is 2.05. The summed E-state index contributed by atoms with van der Waals surface area (Å²) in [5, 5.41) is 7.45. The number of rotatable bonds is 3. The lowest BCUT2D eigenvalue weighted by atomic mass is 10.2. The summed E-state index contributed by atoms with van der Waals surface area (Å²) in [6.45, 7) is 3.68. The molecule has 84 valence electrons. The van der Waals surface area contributed by atoms with Gasteiger partial charge < -0.3 is 9.15 Å². The summed E-state index contributed by atoms with van der Waals surface area (Å²) in [6.07, 6.45) is 0. The fourth-order valence-corrected chi connectivity index (χ4v) is 1.26. The first-order valence-corrected chi connectivity index (χ1v) is 4.83. The Morgan fingerprint density at radius 1 is 1.31 bits per heavy atom. The average molecular weight is 222 g/mol. The molecule has 0 spiro atoms. The van der Waals surface area contributed by atoms with Crippen LogP contribution in [0.1, 0.15) is 17.3 Å². The zero-order valence-electron chi connectivity index (χ0n) is 9.03. The smallest absolute Gasteiger partial charge is 0.253 e. The third kappa shape index (κ3) is 2.36. The van der Waals surface area contributed by atoms with Crippen molar-refractivity contribution in [1.82, 2.24) is 10.2 Å². The summed E-state index contributed by atoms with van der Waals surface area (Å²) in [6, 6.07) is 4.38. The Bertz CT molecular complexity index is 496. The molecule has 1 aromatic heterocycles. The fourth-order valence-electron chi connectivity index (χ4n) is 1.26. The van der Waals surface area contributed by atoms with E-state index in [9.17, 15) is 4.39 Å². The molecule has 0 N–H and O–H groups in total. The predicted octanol–water partition coefficient (Wildman–Crippen LogP) is 2.40. The van der Waals surface area contributed by atoms with Gasteiger partial charge in [0.1, 0.15) is 11.6 Å². The van der Waals surface area contributed by atoms with Gasteiger partial charge in [-0.2, -0.15) is 0 Å². The van der Waals surface area contributed by atoms with Crippen molar-refractivity contribution in [2.24, 2.45) is 0 Å². The minimum absolute atomic E-state index is 0.144. The monoisotopic (exact) mass is 222 g/mol. The van der Waals surface area contributed by atoms with Crippen LogP contribution in [0.3, 0.4) is 0 Å². The number of aryl methyl sites for hydroxylation is 2. The van der Waals surface area contributed by atoms with Crippen LogP contribution in [0.5, 0.6) is 5.75 Å². The maximum Gasteiger partial charge on any atom is 0.253 e. The lowest BCUT2D eigenvalue weighted by Gasteiger charge is -2.06. The molecule has 0 fully saturated rings. The maximum atomic E-state index is 12.9. The molecular formula is C11H11FN2O2. The van der Waals surface area contributed by atoms with Crippen molar-refractivity contribution < 1.29 is 13.5 Å². The van der Waals surface area contributed by atoms with Crippen molar-refractivity contribution in [2.45, 2.75) is 20.5 Å². The van der Waals surface area contributed by atoms with E-state index in [2.05, 4.69) is 10.2 Å². The lowest BCUT2D eigenvalue weighted by Crippen LogP contribution is -1.97. The van der Waals surface area contributed by atoms with E-state index in [4.69, 9.17) is 9.15 Å². The molecule has 0 radical (unpaired) electrons. The molecule has 2 rings (SSSR count). The Kier molecular flexibility index (Phi) is 2.85. The number of hydrogen-bond acceptors (Lipinski definition) is 4. The summed E-state index contributed by atoms with van der Waals surface area (Å²) < 4.78 is 23.5. The first-order valence-electron chi connectivity index (χ1n) is 4.83. The van der Waals surface area contributed by atoms with E-state index in [1.807, 2.05) is 6.92 Å². The molecule has 0 saturated heterocycles. The second kappa shape index (κ2) is 4.30. The van der Waals surface area contributed by atoms with Crippen LogP contribution in [0.4, 0.5) is 4.39 Å². The molecule has 0 bridgehead atoms. The van der Waals surface area contributed by atoms with Crippen LogP contribution >= 0.6 is 0 Å². The van der Waals surface area contributed by atoms with Crippen LogP contribution in [-0.4, -0.2) is 10.2 Å². The van der Waals surface area contributed by atoms with E-state index in [-0.39, 0.29) is 12.4 Å². The van der Waals surface area contributed by atoms with E-state index in [1.54, 1.807) is 13.0 Å². The second-order valence-corrected chi connectivity index (χ2v) is 3.41. The Hall–Kier alpha value is -1.91. The summed E-state index contributed by atoms with van der Waals surface area (Å²) >= 11 is 0. The van der Waals surface area contributed by atoms with Crippen LogP contribution < -0.4 is 4.74 Å². The summed E-state index contributed by atoms with van der Waals surface area (Å²) in [5.74, 6) is 1.01. The molecule has 4 nitrogen and oxygen atoms in total. The molecular weight excluding hydrogens is 211 g/mol. The standard InChI is InChI=1S/C11H11FN2O2/c1-7-3-4-9(12)5-10(7)15-6-11-14-13-8(2)16-11/h3-5H,6H2,1-2H3. The normalized spacial score (nSPS) is 10.4. The maximum absolute atomic E-state index is 12.9. The number of halogens is 1. The van der Waals surface area contributed by atoms with Crippen molar-refractivity contribution in [3.8, 4) is 5.75 Å². The molecule has 16 heavy (non-hydrogen) atoms. The fraction of sp³-hybridized carbons (Fsp3) is 0.273. The van der Waals surface area contributed by atoms with Gasteiger partial charge in [0.15, 0.2) is 6.61 Å². The van der Waals surface area contributed by atoms with Crippen molar-refractivity contribution in [3.05, 3.63) is 41.4 Å². The number of ether oxygens (including phenoxy) is 1. The Labute approximate surface area is 92.1 Å². The third-order valence-corrected chi connectivity index (χ3v) is 2.07. The number of nitrogens with zero attached hydrogens (tertiary/aromatic N) is 2. The Morgan fingerprint density at radius 2 is 2.12 bits per heavy atom. The summed E-state index contributed by atoms with van der Waals surface area (Å²) in [5.41, 5.74) is 0.859. The minimum atomic E-state index is -0.331. The highest BCUT2D eigenvalue weighted by atomic mass is 19.1. The molecule has 2 aromatic rings. The van der Waals surface area contributed by atoms with Crippen LogP contribution in [0.15, 0.2) is 22.6 Å². The van der Waals surface area contributed by atoms with Gasteiger partial charge in [-0.25, -0.2) is 4.39 Å². The van der Waals surface area contributed by atoms with Crippen LogP contribution in [0.2, 0.25) is 0 Å². The molecule has 1 heterocycles. The average Bonchev–Trinajstić information content (AvgIpc) is 2.66. The van der Waals surface area contributed by atoms with Gasteiger partial charge in [-0.3, -0.25) is 0 Å². The highest BCUT2D eigenvalue weighted by molar-refractivity contribution is 5.32. The molecule has 5 heteroatoms. The quantitative estimate of drug-likeness (QED) is 0.800. The van der Waals surface area contributed by atoms with Gasteiger partial charge in [-0.15, -0.1) is 10.2 Å². The first kappa shape index (κ1) is 10.6. The molecule has 0 amide bonds. The highest BCUT2D eigenvalue weighted by Crippen LogP contribution is 2.19. The van der Waals surface area contributed by atoms with Gasteiger partial charge in [-0.05, 0) is 18.6 Å². The second-order valence-electron chi connectivity index (χ2n) is 3.41. The zero-order valence-corrected chi connectivity index (χ0v) is 9.03. The third-order valence-electron chi connectivity index (χ3n) is 2.07. The van der Waals surface area contributed by atoms with E-state index < -0.39 is 0 Å². The predicted molar refractivity (Wildman–Crippen MR) is 54.5 cm³/mol. The topological polar surface area (TPSA) is 48.2 Å². The van der Waals surface area contributed by atoms with Gasteiger partial charge in [0.2, 0.25) is 5.89 Å². The first-order chi connectivity index (χ1) is 7.65. The molecule has 0 aliphatic heterocycles. The van der Waals surface area contributed by atoms with Gasteiger partial charge in [-0.1, -0.05) is 6.07 Å². The summed E-state index contributed by atoms with van der Waals surface area (Å²) in [7, 11) is 0. The molecule has 0 unspecified atom stereocenters. The SMILES string of the molecule is Cc1nnc(COc2cc(F)ccc2C)o1. The van der Waals surface area contributed by atoms with Crippen molar-refractivity contribution in [2.75, 3.05) is 0 Å². The van der Waals surface area contributed by atoms with Crippen LogP contribution in [0, 0.1) is 19.7 Å². The number of aromatic nitrogens is 2. The van der Waals surface area contributed by atoms with E-state index >= 15 is 0 Å². The number of hydrogen-bond donors (Lipinski definition) is 0. The van der Waals surface area contributed by atoms with Crippen LogP contribution in [-0.2, 0) is 6.61 Å². The van der Waals surface area contributed by atoms with Gasteiger partial charge in [0.05, 0.1) is 0 Å². The Balaban J connectivity index is 2.07. The molecule has 0 aliphatic rings. The molecule has 1 aromatic carbocycles. The minimum Gasteiger partial charge on any atom is -0.483 e. The van der Waals surface area contributed by atoms with E-state index in [1.165, 1.54) is 12.1 Å². The summed E-state index contributed by atoms with van der Waals surface area (Å²) in [4.78, 5) is 0. The van der Waals surface area contributed by atoms with Gasteiger partial charge in [0.25, 0.3) is 5.89 Å². The van der Waals surface area contributed by atoms with Crippen LogP contribution in [0.25, 0.3) is 0 Å². The number of benzene rings is 1. The van der Waals surface area contributed by atoms with Crippen molar-refractivity contribution >= 4 is 0 Å². The lowest BCUT2D eigenvalue weighted by molar-refractivity contribution is 0.258. The van der Waals surface area contributed by atoms with Crippen molar-refractivity contribution in [1.29, 1.82) is 0 Å². The van der Waals surface area contributed by atoms with Gasteiger partial charge in [0, 0.05) is 13.0 Å². The molecule has 0 saturated carbocycles. The Morgan fingerprint density at radius 3 is 2.81 bits per heavy atom. The van der Waals surface area contributed by atoms with E-state index in [0.29, 0.717) is 17.5 Å². The molecule has 0 aliphatic carbocycles. The van der Waals surface area contributed by atoms with E-state index in [0.717, 1.165) is 5.56 Å². The van der Waals surface area contributed by atoms with Crippen molar-refractivity contribution in [3.63, 3.8) is 0 Å². The van der Waals surface area contributed by atoms with Gasteiger partial charge >= 0.3 is 0 Å². The zero-order chi connectivity index (χ0) is 11.5. The largest absolute Gasteiger partial charge is 0.483 e.